The molecule has 1 aromatic rings. The molecule has 0 aliphatic rings. The number of carbonyl (C=O) groups excluding carboxylic acids is 2. The smallest absolute Gasteiger partial charge is 0.258 e. The zero-order chi connectivity index (χ0) is 17.8. The van der Waals surface area contributed by atoms with Crippen LogP contribution >= 0.6 is 23.2 Å². The maximum Gasteiger partial charge on any atom is 0.258 e. The fraction of sp³-hybridized carbons (Fsp3) is 0.412. The van der Waals surface area contributed by atoms with Crippen molar-refractivity contribution in [3.8, 4) is 5.75 Å². The van der Waals surface area contributed by atoms with Gasteiger partial charge >= 0.3 is 0 Å². The molecule has 0 heterocycles. The molecule has 0 saturated carbocycles. The van der Waals surface area contributed by atoms with Gasteiger partial charge < -0.3 is 10.1 Å². The van der Waals surface area contributed by atoms with Crippen molar-refractivity contribution in [2.45, 2.75) is 39.7 Å². The lowest BCUT2D eigenvalue weighted by atomic mass is 10.0. The maximum absolute atomic E-state index is 12.1. The molecule has 1 rings (SSSR count). The fourth-order valence-electron chi connectivity index (χ4n) is 1.77. The first-order valence-electron chi connectivity index (χ1n) is 7.21. The largest absolute Gasteiger partial charge is 0.482 e. The Morgan fingerprint density at radius 2 is 1.83 bits per heavy atom. The Balaban J connectivity index is 2.88. The summed E-state index contributed by atoms with van der Waals surface area (Å²) in [6.07, 6.45) is 0.526. The minimum atomic E-state index is -0.349. The molecule has 1 aromatic carbocycles. The van der Waals surface area contributed by atoms with Crippen LogP contribution in [-0.2, 0) is 4.79 Å². The summed E-state index contributed by atoms with van der Waals surface area (Å²) < 4.78 is 5.38. The van der Waals surface area contributed by atoms with E-state index in [0.717, 1.165) is 0 Å². The predicted octanol–water partition coefficient (Wildman–Crippen LogP) is 4.44. The van der Waals surface area contributed by atoms with E-state index in [4.69, 9.17) is 27.9 Å². The lowest BCUT2D eigenvalue weighted by molar-refractivity contribution is -0.124. The number of hydrogen-bond donors (Lipinski definition) is 1. The van der Waals surface area contributed by atoms with Gasteiger partial charge in [0.05, 0.1) is 5.02 Å². The molecule has 0 bridgehead atoms. The third-order valence-corrected chi connectivity index (χ3v) is 3.78. The van der Waals surface area contributed by atoms with Crippen LogP contribution in [0.2, 0.25) is 10.0 Å². The average molecular weight is 358 g/mol. The van der Waals surface area contributed by atoms with Crippen molar-refractivity contribution in [1.29, 1.82) is 0 Å². The molecular formula is C17H21Cl2NO3. The van der Waals surface area contributed by atoms with E-state index in [1.54, 1.807) is 0 Å². The standard InChI is InChI=1S/C17H21Cl2NO3/c1-6-10(2)16(22)11-7-8-12(15(19)14(11)18)23-9-13(21)20-17(3,4)5/h7-8H,2,6,9H2,1,3-5H3,(H,20,21). The highest BCUT2D eigenvalue weighted by Crippen LogP contribution is 2.35. The Morgan fingerprint density at radius 1 is 1.22 bits per heavy atom. The fourth-order valence-corrected chi connectivity index (χ4v) is 2.23. The van der Waals surface area contributed by atoms with E-state index in [1.807, 2.05) is 27.7 Å². The van der Waals surface area contributed by atoms with Gasteiger partial charge in [0.2, 0.25) is 0 Å². The molecule has 0 aliphatic heterocycles. The Hall–Kier alpha value is -1.52. The molecule has 0 atom stereocenters. The van der Waals surface area contributed by atoms with Crippen molar-refractivity contribution in [3.63, 3.8) is 0 Å². The first-order chi connectivity index (χ1) is 10.6. The molecule has 0 aliphatic carbocycles. The lowest BCUT2D eigenvalue weighted by Crippen LogP contribution is -2.43. The van der Waals surface area contributed by atoms with Crippen LogP contribution in [-0.4, -0.2) is 23.8 Å². The molecule has 1 amide bonds. The van der Waals surface area contributed by atoms with Crippen LogP contribution in [0.4, 0.5) is 0 Å². The Kier molecular flexibility index (Phi) is 6.66. The van der Waals surface area contributed by atoms with Crippen molar-refractivity contribution in [1.82, 2.24) is 5.32 Å². The first-order valence-corrected chi connectivity index (χ1v) is 7.96. The minimum absolute atomic E-state index is 0.0972. The van der Waals surface area contributed by atoms with Gasteiger partial charge in [0.25, 0.3) is 5.91 Å². The normalized spacial score (nSPS) is 11.0. The Morgan fingerprint density at radius 3 is 2.35 bits per heavy atom. The lowest BCUT2D eigenvalue weighted by Gasteiger charge is -2.20. The number of halogens is 2. The molecule has 0 fully saturated rings. The van der Waals surface area contributed by atoms with Crippen molar-refractivity contribution >= 4 is 34.9 Å². The third-order valence-electron chi connectivity index (χ3n) is 2.91. The number of nitrogens with one attached hydrogen (secondary N) is 1. The predicted molar refractivity (Wildman–Crippen MR) is 93.6 cm³/mol. The number of benzene rings is 1. The second kappa shape index (κ2) is 7.84. The van der Waals surface area contributed by atoms with Gasteiger partial charge in [0.1, 0.15) is 10.8 Å². The monoisotopic (exact) mass is 357 g/mol. The number of hydrogen-bond acceptors (Lipinski definition) is 3. The van der Waals surface area contributed by atoms with E-state index in [0.29, 0.717) is 12.0 Å². The van der Waals surface area contributed by atoms with Gasteiger partial charge in [-0.3, -0.25) is 9.59 Å². The first kappa shape index (κ1) is 19.5. The zero-order valence-electron chi connectivity index (χ0n) is 13.8. The van der Waals surface area contributed by atoms with Crippen molar-refractivity contribution in [2.24, 2.45) is 0 Å². The van der Waals surface area contributed by atoms with Crippen LogP contribution in [0.5, 0.6) is 5.75 Å². The molecule has 126 valence electrons. The zero-order valence-corrected chi connectivity index (χ0v) is 15.3. The van der Waals surface area contributed by atoms with Crippen LogP contribution < -0.4 is 10.1 Å². The molecule has 4 nitrogen and oxygen atoms in total. The molecule has 0 unspecified atom stereocenters. The van der Waals surface area contributed by atoms with Gasteiger partial charge in [-0.05, 0) is 44.9 Å². The highest BCUT2D eigenvalue weighted by Gasteiger charge is 2.19. The molecule has 23 heavy (non-hydrogen) atoms. The molecule has 0 aromatic heterocycles. The van der Waals surface area contributed by atoms with E-state index in [1.165, 1.54) is 12.1 Å². The summed E-state index contributed by atoms with van der Waals surface area (Å²) >= 11 is 12.3. The molecular weight excluding hydrogens is 337 g/mol. The summed E-state index contributed by atoms with van der Waals surface area (Å²) in [7, 11) is 0. The number of amides is 1. The number of Topliss-reactive ketones (excluding diaryl/α,β-unsaturated/α-hetero) is 1. The van der Waals surface area contributed by atoms with E-state index in [2.05, 4.69) is 11.9 Å². The molecule has 6 heteroatoms. The summed E-state index contributed by atoms with van der Waals surface area (Å²) in [4.78, 5) is 23.9. The van der Waals surface area contributed by atoms with Crippen LogP contribution in [0.1, 0.15) is 44.5 Å². The van der Waals surface area contributed by atoms with Gasteiger partial charge in [-0.15, -0.1) is 0 Å². The van der Waals surface area contributed by atoms with Crippen LogP contribution in [0.3, 0.4) is 0 Å². The number of carbonyl (C=O) groups is 2. The van der Waals surface area contributed by atoms with Crippen molar-refractivity contribution in [3.05, 3.63) is 39.9 Å². The average Bonchev–Trinajstić information content (AvgIpc) is 2.45. The van der Waals surface area contributed by atoms with Gasteiger partial charge in [-0.1, -0.05) is 36.7 Å². The quantitative estimate of drug-likeness (QED) is 0.604. The molecule has 0 radical (unpaired) electrons. The van der Waals surface area contributed by atoms with Crippen LogP contribution in [0.25, 0.3) is 0 Å². The number of rotatable bonds is 6. The molecule has 0 saturated heterocycles. The van der Waals surface area contributed by atoms with E-state index < -0.39 is 0 Å². The summed E-state index contributed by atoms with van der Waals surface area (Å²) in [5.41, 5.74) is 0.370. The van der Waals surface area contributed by atoms with Crippen LogP contribution in [0, 0.1) is 0 Å². The number of ether oxygens (including phenoxy) is 1. The highest BCUT2D eigenvalue weighted by molar-refractivity contribution is 6.45. The summed E-state index contributed by atoms with van der Waals surface area (Å²) in [6, 6.07) is 3.04. The van der Waals surface area contributed by atoms with Gasteiger partial charge in [-0.2, -0.15) is 0 Å². The summed E-state index contributed by atoms with van der Waals surface area (Å²) in [6.45, 7) is 11.0. The highest BCUT2D eigenvalue weighted by atomic mass is 35.5. The second-order valence-electron chi connectivity index (χ2n) is 6.11. The van der Waals surface area contributed by atoms with E-state index >= 15 is 0 Å². The summed E-state index contributed by atoms with van der Waals surface area (Å²) in [5, 5.41) is 2.97. The SMILES string of the molecule is C=C(CC)C(=O)c1ccc(OCC(=O)NC(C)(C)C)c(Cl)c1Cl. The van der Waals surface area contributed by atoms with E-state index in [9.17, 15) is 9.59 Å². The van der Waals surface area contributed by atoms with Crippen LogP contribution in [0.15, 0.2) is 24.3 Å². The van der Waals surface area contributed by atoms with Gasteiger partial charge in [0.15, 0.2) is 12.4 Å². The third kappa shape index (κ3) is 5.56. The Labute approximate surface area is 146 Å². The Bertz CT molecular complexity index is 633. The van der Waals surface area contributed by atoms with E-state index in [-0.39, 0.29) is 45.2 Å². The number of ketones is 1. The van der Waals surface area contributed by atoms with Crippen molar-refractivity contribution in [2.75, 3.05) is 6.61 Å². The minimum Gasteiger partial charge on any atom is -0.482 e. The maximum atomic E-state index is 12.1. The second-order valence-corrected chi connectivity index (χ2v) is 6.87. The van der Waals surface area contributed by atoms with Gasteiger partial charge in [0, 0.05) is 11.1 Å². The van der Waals surface area contributed by atoms with Crippen molar-refractivity contribution < 1.29 is 14.3 Å². The summed E-state index contributed by atoms with van der Waals surface area (Å²) in [5.74, 6) is -0.278. The number of allylic oxidation sites excluding steroid dienone is 1. The topological polar surface area (TPSA) is 55.4 Å². The molecule has 1 N–H and O–H groups in total. The van der Waals surface area contributed by atoms with Gasteiger partial charge in [-0.25, -0.2) is 0 Å². The molecule has 0 spiro atoms.